The first-order valence-corrected chi connectivity index (χ1v) is 10.4. The van der Waals surface area contributed by atoms with Gasteiger partial charge in [-0.3, -0.25) is 4.79 Å². The molecule has 8 heteroatoms. The molecule has 1 amide bonds. The Bertz CT molecular complexity index is 796. The van der Waals surface area contributed by atoms with Crippen molar-refractivity contribution >= 4 is 21.9 Å². The normalized spacial score (nSPS) is 19.7. The molecule has 1 aromatic rings. The third-order valence-electron chi connectivity index (χ3n) is 5.51. The van der Waals surface area contributed by atoms with Gasteiger partial charge in [-0.15, -0.1) is 0 Å². The minimum Gasteiger partial charge on any atom is -0.478 e. The van der Waals surface area contributed by atoms with Gasteiger partial charge in [0.1, 0.15) is 0 Å². The monoisotopic (exact) mass is 380 g/mol. The van der Waals surface area contributed by atoms with E-state index in [-0.39, 0.29) is 35.4 Å². The molecule has 0 radical (unpaired) electrons. The standard InChI is InChI=1S/C18H24N2O5S/c1-19(14-5-4-6-14)17(21)13-9-11-20(12-10-13)26(24,25)16-8-3-2-7-15(16)18(22)23/h2-3,7-8,13-14H,4-6,9-12H2,1H3,(H,22,23). The Morgan fingerprint density at radius 2 is 1.73 bits per heavy atom. The molecular formula is C18H24N2O5S. The van der Waals surface area contributed by atoms with Crippen molar-refractivity contribution in [3.8, 4) is 0 Å². The van der Waals surface area contributed by atoms with Crippen molar-refractivity contribution in [1.82, 2.24) is 9.21 Å². The van der Waals surface area contributed by atoms with Crippen LogP contribution in [-0.4, -0.2) is 60.8 Å². The molecule has 0 unspecified atom stereocenters. The zero-order chi connectivity index (χ0) is 18.9. The zero-order valence-corrected chi connectivity index (χ0v) is 15.6. The van der Waals surface area contributed by atoms with Gasteiger partial charge in [0, 0.05) is 32.1 Å². The maximum atomic E-state index is 12.9. The summed E-state index contributed by atoms with van der Waals surface area (Å²) < 4.78 is 27.0. The SMILES string of the molecule is CN(C(=O)C1CCN(S(=O)(=O)c2ccccc2C(=O)O)CC1)C1CCC1. The van der Waals surface area contributed by atoms with Gasteiger partial charge in [0.15, 0.2) is 0 Å². The Morgan fingerprint density at radius 3 is 2.27 bits per heavy atom. The van der Waals surface area contributed by atoms with E-state index in [1.165, 1.54) is 28.6 Å². The molecule has 0 atom stereocenters. The second-order valence-corrected chi connectivity index (χ2v) is 8.92. The highest BCUT2D eigenvalue weighted by molar-refractivity contribution is 7.89. The Morgan fingerprint density at radius 1 is 1.12 bits per heavy atom. The number of amides is 1. The number of benzene rings is 1. The molecule has 3 rings (SSSR count). The number of hydrogen-bond acceptors (Lipinski definition) is 4. The van der Waals surface area contributed by atoms with Crippen molar-refractivity contribution in [2.45, 2.75) is 43.0 Å². The highest BCUT2D eigenvalue weighted by Crippen LogP contribution is 2.29. The van der Waals surface area contributed by atoms with Gasteiger partial charge < -0.3 is 10.0 Å². The maximum absolute atomic E-state index is 12.9. The fourth-order valence-corrected chi connectivity index (χ4v) is 5.25. The molecule has 1 saturated heterocycles. The average molecular weight is 380 g/mol. The number of hydrogen-bond donors (Lipinski definition) is 1. The molecule has 2 fully saturated rings. The van der Waals surface area contributed by atoms with Gasteiger partial charge in [-0.25, -0.2) is 13.2 Å². The Hall–Kier alpha value is -1.93. The first kappa shape index (κ1) is 18.8. The first-order valence-electron chi connectivity index (χ1n) is 8.91. The number of sulfonamides is 1. The summed E-state index contributed by atoms with van der Waals surface area (Å²) in [4.78, 5) is 25.5. The third kappa shape index (κ3) is 3.48. The maximum Gasteiger partial charge on any atom is 0.337 e. The lowest BCUT2D eigenvalue weighted by atomic mass is 9.89. The van der Waals surface area contributed by atoms with Crippen molar-refractivity contribution in [3.05, 3.63) is 29.8 Å². The van der Waals surface area contributed by atoms with Crippen LogP contribution in [0.5, 0.6) is 0 Å². The molecule has 1 aromatic carbocycles. The van der Waals surface area contributed by atoms with Crippen LogP contribution in [0.1, 0.15) is 42.5 Å². The van der Waals surface area contributed by atoms with Gasteiger partial charge in [-0.2, -0.15) is 4.31 Å². The molecule has 1 saturated carbocycles. The van der Waals surface area contributed by atoms with E-state index in [0.29, 0.717) is 18.9 Å². The quantitative estimate of drug-likeness (QED) is 0.840. The van der Waals surface area contributed by atoms with Crippen LogP contribution in [0.15, 0.2) is 29.2 Å². The molecule has 0 bridgehead atoms. The zero-order valence-electron chi connectivity index (χ0n) is 14.8. The summed E-state index contributed by atoms with van der Waals surface area (Å²) in [7, 11) is -2.06. The number of nitrogens with zero attached hydrogens (tertiary/aromatic N) is 2. The molecular weight excluding hydrogens is 356 g/mol. The van der Waals surface area contributed by atoms with E-state index in [1.54, 1.807) is 0 Å². The van der Waals surface area contributed by atoms with Crippen LogP contribution in [-0.2, 0) is 14.8 Å². The van der Waals surface area contributed by atoms with Gasteiger partial charge in [0.25, 0.3) is 0 Å². The van der Waals surface area contributed by atoms with E-state index < -0.39 is 16.0 Å². The molecule has 7 nitrogen and oxygen atoms in total. The molecule has 26 heavy (non-hydrogen) atoms. The van der Waals surface area contributed by atoms with E-state index in [0.717, 1.165) is 19.3 Å². The summed E-state index contributed by atoms with van der Waals surface area (Å²) in [6.45, 7) is 0.455. The van der Waals surface area contributed by atoms with E-state index in [1.807, 2.05) is 11.9 Å². The van der Waals surface area contributed by atoms with Crippen LogP contribution in [0.4, 0.5) is 0 Å². The lowest BCUT2D eigenvalue weighted by Crippen LogP contribution is -2.47. The summed E-state index contributed by atoms with van der Waals surface area (Å²) in [5.74, 6) is -1.34. The number of carboxylic acids is 1. The summed E-state index contributed by atoms with van der Waals surface area (Å²) in [5.41, 5.74) is -0.226. The fourth-order valence-electron chi connectivity index (χ4n) is 3.59. The summed E-state index contributed by atoms with van der Waals surface area (Å²) >= 11 is 0. The van der Waals surface area contributed by atoms with Gasteiger partial charge in [-0.1, -0.05) is 12.1 Å². The molecule has 1 aliphatic carbocycles. The van der Waals surface area contributed by atoms with Crippen LogP contribution < -0.4 is 0 Å². The average Bonchev–Trinajstić information content (AvgIpc) is 2.59. The van der Waals surface area contributed by atoms with E-state index in [9.17, 15) is 23.1 Å². The Labute approximate surface area is 153 Å². The molecule has 0 aromatic heterocycles. The van der Waals surface area contributed by atoms with Gasteiger partial charge in [0.2, 0.25) is 15.9 Å². The van der Waals surface area contributed by atoms with E-state index >= 15 is 0 Å². The smallest absolute Gasteiger partial charge is 0.337 e. The predicted molar refractivity (Wildman–Crippen MR) is 95.3 cm³/mol. The second-order valence-electron chi connectivity index (χ2n) is 7.01. The van der Waals surface area contributed by atoms with Crippen LogP contribution in [0.25, 0.3) is 0 Å². The molecule has 0 spiro atoms. The fraction of sp³-hybridized carbons (Fsp3) is 0.556. The topological polar surface area (TPSA) is 95.0 Å². The molecule has 2 aliphatic rings. The minimum atomic E-state index is -3.89. The van der Waals surface area contributed by atoms with Gasteiger partial charge in [0.05, 0.1) is 10.5 Å². The molecule has 1 aliphatic heterocycles. The van der Waals surface area contributed by atoms with E-state index in [2.05, 4.69) is 0 Å². The van der Waals surface area contributed by atoms with Crippen LogP contribution in [0, 0.1) is 5.92 Å². The lowest BCUT2D eigenvalue weighted by Gasteiger charge is -2.38. The summed E-state index contributed by atoms with van der Waals surface area (Å²) in [6, 6.07) is 5.96. The number of carbonyl (C=O) groups excluding carboxylic acids is 1. The largest absolute Gasteiger partial charge is 0.478 e. The Balaban J connectivity index is 1.69. The highest BCUT2D eigenvalue weighted by Gasteiger charge is 2.36. The minimum absolute atomic E-state index is 0.0951. The molecule has 142 valence electrons. The van der Waals surface area contributed by atoms with Crippen molar-refractivity contribution in [1.29, 1.82) is 0 Å². The highest BCUT2D eigenvalue weighted by atomic mass is 32.2. The van der Waals surface area contributed by atoms with Crippen molar-refractivity contribution in [2.24, 2.45) is 5.92 Å². The summed E-state index contributed by atoms with van der Waals surface area (Å²) in [6.07, 6.45) is 4.17. The number of aromatic carboxylic acids is 1. The molecule has 1 heterocycles. The number of rotatable bonds is 5. The van der Waals surface area contributed by atoms with Gasteiger partial charge in [-0.05, 0) is 44.2 Å². The van der Waals surface area contributed by atoms with Crippen molar-refractivity contribution in [2.75, 3.05) is 20.1 Å². The van der Waals surface area contributed by atoms with Crippen LogP contribution in [0.3, 0.4) is 0 Å². The third-order valence-corrected chi connectivity index (χ3v) is 7.47. The van der Waals surface area contributed by atoms with Crippen LogP contribution in [0.2, 0.25) is 0 Å². The molecule has 1 N–H and O–H groups in total. The second kappa shape index (κ2) is 7.36. The number of carboxylic acid groups (broad SMARTS) is 1. The lowest BCUT2D eigenvalue weighted by molar-refractivity contribution is -0.139. The predicted octanol–water partition coefficient (Wildman–Crippen LogP) is 1.80. The first-order chi connectivity index (χ1) is 12.3. The number of carbonyl (C=O) groups is 2. The Kier molecular flexibility index (Phi) is 5.34. The van der Waals surface area contributed by atoms with Crippen LogP contribution >= 0.6 is 0 Å². The van der Waals surface area contributed by atoms with Crippen molar-refractivity contribution in [3.63, 3.8) is 0 Å². The van der Waals surface area contributed by atoms with Crippen molar-refractivity contribution < 1.29 is 23.1 Å². The van der Waals surface area contributed by atoms with Gasteiger partial charge >= 0.3 is 5.97 Å². The number of piperidine rings is 1. The summed E-state index contributed by atoms with van der Waals surface area (Å²) in [5, 5.41) is 9.25. The van der Waals surface area contributed by atoms with E-state index in [4.69, 9.17) is 0 Å².